The van der Waals surface area contributed by atoms with Crippen molar-refractivity contribution in [2.75, 3.05) is 20.7 Å². The maximum absolute atomic E-state index is 5.48. The Morgan fingerprint density at radius 3 is 2.84 bits per heavy atom. The summed E-state index contributed by atoms with van der Waals surface area (Å²) in [6.07, 6.45) is 7.79. The number of guanidine groups is 1. The Balaban J connectivity index is 0.00000272. The van der Waals surface area contributed by atoms with Crippen LogP contribution in [0.1, 0.15) is 56.2 Å². The first-order chi connectivity index (χ1) is 14.7. The molecule has 0 bridgehead atoms. The van der Waals surface area contributed by atoms with E-state index in [0.29, 0.717) is 6.04 Å². The zero-order chi connectivity index (χ0) is 21.0. The number of hydrogen-bond acceptors (Lipinski definition) is 4. The lowest BCUT2D eigenvalue weighted by Gasteiger charge is -2.32. The van der Waals surface area contributed by atoms with Crippen LogP contribution < -0.4 is 15.4 Å². The molecule has 1 aliphatic carbocycles. The lowest BCUT2D eigenvalue weighted by atomic mass is 9.78. The minimum absolute atomic E-state index is 0. The molecule has 1 aromatic carbocycles. The summed E-state index contributed by atoms with van der Waals surface area (Å²) in [6.45, 7) is 3.81. The number of nitrogens with zero attached hydrogens (tertiary/aromatic N) is 4. The second-order valence-corrected chi connectivity index (χ2v) is 8.51. The van der Waals surface area contributed by atoms with Gasteiger partial charge in [-0.15, -0.1) is 24.0 Å². The zero-order valence-corrected chi connectivity index (χ0v) is 21.2. The Morgan fingerprint density at radius 1 is 1.32 bits per heavy atom. The molecule has 31 heavy (non-hydrogen) atoms. The van der Waals surface area contributed by atoms with Crippen LogP contribution in [0.3, 0.4) is 0 Å². The Bertz CT molecular complexity index is 890. The van der Waals surface area contributed by atoms with Gasteiger partial charge in [-0.3, -0.25) is 4.99 Å². The van der Waals surface area contributed by atoms with Gasteiger partial charge < -0.3 is 15.4 Å². The molecule has 2 aromatic rings. The van der Waals surface area contributed by atoms with Gasteiger partial charge in [-0.1, -0.05) is 31.9 Å². The lowest BCUT2D eigenvalue weighted by Crippen LogP contribution is -2.50. The maximum Gasteiger partial charge on any atom is 0.191 e. The highest BCUT2D eigenvalue weighted by Crippen LogP contribution is 2.41. The van der Waals surface area contributed by atoms with Gasteiger partial charge in [-0.25, -0.2) is 9.67 Å². The van der Waals surface area contributed by atoms with Crippen molar-refractivity contribution in [1.29, 1.82) is 0 Å². The summed E-state index contributed by atoms with van der Waals surface area (Å²) in [7, 11) is 3.58. The van der Waals surface area contributed by atoms with Crippen LogP contribution >= 0.6 is 24.0 Å². The number of nitrogens with one attached hydrogen (secondary N) is 2. The number of methoxy groups -OCH3 is 1. The van der Waals surface area contributed by atoms with Crippen molar-refractivity contribution in [3.8, 4) is 5.75 Å². The normalized spacial score (nSPS) is 20.0. The number of aromatic nitrogens is 3. The molecule has 2 heterocycles. The Hall–Kier alpha value is -1.84. The summed E-state index contributed by atoms with van der Waals surface area (Å²) in [5.41, 5.74) is 1.49. The van der Waals surface area contributed by atoms with E-state index in [1.54, 1.807) is 7.11 Å². The Labute approximate surface area is 202 Å². The van der Waals surface area contributed by atoms with Gasteiger partial charge in [0.25, 0.3) is 0 Å². The van der Waals surface area contributed by atoms with Gasteiger partial charge in [0.2, 0.25) is 0 Å². The van der Waals surface area contributed by atoms with Gasteiger partial charge in [-0.2, -0.15) is 5.10 Å². The van der Waals surface area contributed by atoms with Crippen LogP contribution in [0.15, 0.2) is 29.3 Å². The molecule has 7 nitrogen and oxygen atoms in total. The molecule has 4 rings (SSSR count). The monoisotopic (exact) mass is 538 g/mol. The van der Waals surface area contributed by atoms with Crippen molar-refractivity contribution >= 4 is 29.9 Å². The molecule has 2 aliphatic rings. The van der Waals surface area contributed by atoms with Gasteiger partial charge in [0.1, 0.15) is 11.6 Å². The molecule has 0 amide bonds. The number of aliphatic imine (C=N–C) groups is 1. The van der Waals surface area contributed by atoms with E-state index in [1.807, 2.05) is 13.1 Å². The standard InChI is InChI=1S/C23H34N6O.HI/c1-4-20-27-21-11-10-18(15-29(21)28-20)26-22(24-2)25-16-23(12-5-6-13-23)17-8-7-9-19(14-17)30-3;/h7-9,14,18H,4-6,10-13,15-16H2,1-3H3,(H2,24,25,26);1H. The number of hydrogen-bond donors (Lipinski definition) is 2. The first-order valence-electron chi connectivity index (χ1n) is 11.2. The highest BCUT2D eigenvalue weighted by molar-refractivity contribution is 14.0. The quantitative estimate of drug-likeness (QED) is 0.335. The van der Waals surface area contributed by atoms with Crippen molar-refractivity contribution in [3.05, 3.63) is 41.5 Å². The van der Waals surface area contributed by atoms with Crippen LogP contribution in [0, 0.1) is 0 Å². The molecular formula is C23H35IN6O. The maximum atomic E-state index is 5.48. The van der Waals surface area contributed by atoms with Crippen molar-refractivity contribution in [2.24, 2.45) is 4.99 Å². The summed E-state index contributed by atoms with van der Waals surface area (Å²) in [5.74, 6) is 3.84. The summed E-state index contributed by atoms with van der Waals surface area (Å²) >= 11 is 0. The van der Waals surface area contributed by atoms with Crippen LogP contribution in [0.5, 0.6) is 5.75 Å². The Kier molecular flexibility index (Phi) is 8.18. The minimum Gasteiger partial charge on any atom is -0.497 e. The van der Waals surface area contributed by atoms with Gasteiger partial charge in [0, 0.05) is 37.9 Å². The molecule has 0 spiro atoms. The fourth-order valence-electron chi connectivity index (χ4n) is 4.84. The van der Waals surface area contributed by atoms with Gasteiger partial charge in [0.05, 0.1) is 13.7 Å². The number of ether oxygens (including phenoxy) is 1. The number of rotatable bonds is 6. The summed E-state index contributed by atoms with van der Waals surface area (Å²) in [4.78, 5) is 9.12. The molecule has 1 aromatic heterocycles. The highest BCUT2D eigenvalue weighted by Gasteiger charge is 2.36. The molecule has 1 atom stereocenters. The average Bonchev–Trinajstić information content (AvgIpc) is 3.43. The number of halogens is 1. The third kappa shape index (κ3) is 5.32. The molecule has 0 radical (unpaired) electrons. The van der Waals surface area contributed by atoms with Crippen molar-refractivity contribution in [3.63, 3.8) is 0 Å². The molecular weight excluding hydrogens is 503 g/mol. The second-order valence-electron chi connectivity index (χ2n) is 8.51. The zero-order valence-electron chi connectivity index (χ0n) is 18.9. The van der Waals surface area contributed by atoms with Crippen LogP contribution in [0.25, 0.3) is 0 Å². The van der Waals surface area contributed by atoms with E-state index in [0.717, 1.165) is 55.7 Å². The molecule has 1 saturated carbocycles. The van der Waals surface area contributed by atoms with Crippen molar-refractivity contribution in [1.82, 2.24) is 25.4 Å². The van der Waals surface area contributed by atoms with Crippen LogP contribution in [-0.4, -0.2) is 47.5 Å². The second kappa shape index (κ2) is 10.7. The largest absolute Gasteiger partial charge is 0.497 e. The van der Waals surface area contributed by atoms with Gasteiger partial charge in [0.15, 0.2) is 11.8 Å². The minimum atomic E-state index is 0. The van der Waals surface area contributed by atoms with Crippen LogP contribution in [-0.2, 0) is 24.8 Å². The topological polar surface area (TPSA) is 76.4 Å². The van der Waals surface area contributed by atoms with Gasteiger partial charge in [-0.05, 0) is 37.0 Å². The molecule has 1 unspecified atom stereocenters. The fourth-order valence-corrected chi connectivity index (χ4v) is 4.84. The first-order valence-corrected chi connectivity index (χ1v) is 11.2. The highest BCUT2D eigenvalue weighted by atomic mass is 127. The molecule has 2 N–H and O–H groups in total. The molecule has 1 fully saturated rings. The first kappa shape index (κ1) is 23.8. The van der Waals surface area contributed by atoms with E-state index in [4.69, 9.17) is 4.74 Å². The SMILES string of the molecule is CCc1nc2n(n1)CC(NC(=NC)NCC1(c3cccc(OC)c3)CCCC1)CC2.I. The van der Waals surface area contributed by atoms with E-state index in [9.17, 15) is 0 Å². The number of aryl methyl sites for hydroxylation is 2. The fraction of sp³-hybridized carbons (Fsp3) is 0.609. The summed E-state index contributed by atoms with van der Waals surface area (Å²) in [5, 5.41) is 11.9. The van der Waals surface area contributed by atoms with Crippen molar-refractivity contribution in [2.45, 2.75) is 69.9 Å². The molecule has 170 valence electrons. The van der Waals surface area contributed by atoms with E-state index in [1.165, 1.54) is 31.2 Å². The van der Waals surface area contributed by atoms with E-state index in [2.05, 4.69) is 55.5 Å². The third-order valence-corrected chi connectivity index (χ3v) is 6.62. The Morgan fingerprint density at radius 2 is 2.13 bits per heavy atom. The lowest BCUT2D eigenvalue weighted by molar-refractivity contribution is 0.385. The summed E-state index contributed by atoms with van der Waals surface area (Å²) in [6, 6.07) is 8.87. The van der Waals surface area contributed by atoms with Crippen LogP contribution in [0.4, 0.5) is 0 Å². The smallest absolute Gasteiger partial charge is 0.191 e. The number of benzene rings is 1. The van der Waals surface area contributed by atoms with E-state index >= 15 is 0 Å². The average molecular weight is 538 g/mol. The molecule has 8 heteroatoms. The molecule has 1 aliphatic heterocycles. The molecule has 0 saturated heterocycles. The van der Waals surface area contributed by atoms with Gasteiger partial charge >= 0.3 is 0 Å². The van der Waals surface area contributed by atoms with Crippen LogP contribution in [0.2, 0.25) is 0 Å². The van der Waals surface area contributed by atoms with Crippen molar-refractivity contribution < 1.29 is 4.74 Å². The third-order valence-electron chi connectivity index (χ3n) is 6.62. The van der Waals surface area contributed by atoms with E-state index in [-0.39, 0.29) is 29.4 Å². The van der Waals surface area contributed by atoms with E-state index < -0.39 is 0 Å². The predicted molar refractivity (Wildman–Crippen MR) is 135 cm³/mol. The predicted octanol–water partition coefficient (Wildman–Crippen LogP) is 3.46. The number of fused-ring (bicyclic) bond motifs is 1. The summed E-state index contributed by atoms with van der Waals surface area (Å²) < 4.78 is 7.53.